The summed E-state index contributed by atoms with van der Waals surface area (Å²) in [5, 5.41) is 6.14. The van der Waals surface area contributed by atoms with Gasteiger partial charge in [0.05, 0.1) is 37.2 Å². The van der Waals surface area contributed by atoms with E-state index in [1.54, 1.807) is 7.11 Å². The highest BCUT2D eigenvalue weighted by molar-refractivity contribution is 6.02. The molecule has 1 saturated heterocycles. The van der Waals surface area contributed by atoms with E-state index < -0.39 is 6.04 Å². The monoisotopic (exact) mass is 758 g/mol. The number of aromatic nitrogens is 1. The lowest BCUT2D eigenvalue weighted by atomic mass is 9.85. The standard InChI is InChI=1S/C47H58N4O5/c1-32-19-18-27-51(32)46(54)45(47(2,3)4)50-42(52)24-14-9-7-6-8-10-17-28-56-40-26-25-34(29-41(40)55-5)36-30-39(33-20-12-11-13-21-33)49-44-35-22-15-16-23-38(35)48-43(53)31-37(36)44/h11-13,15-16,20-23,25-26,29-30,32,45H,6-10,14,17-19,24,27-28,31H2,1-5H3,(H,48,53)(H,50,52). The zero-order valence-corrected chi connectivity index (χ0v) is 33.8. The lowest BCUT2D eigenvalue weighted by Gasteiger charge is -2.35. The fraction of sp³-hybridized carbons (Fsp3) is 0.447. The molecule has 2 aliphatic rings. The Morgan fingerprint density at radius 3 is 2.30 bits per heavy atom. The van der Waals surface area contributed by atoms with Gasteiger partial charge in [0.2, 0.25) is 17.7 Å². The van der Waals surface area contributed by atoms with E-state index in [9.17, 15) is 14.4 Å². The first-order valence-corrected chi connectivity index (χ1v) is 20.4. The van der Waals surface area contributed by atoms with Gasteiger partial charge in [-0.15, -0.1) is 0 Å². The van der Waals surface area contributed by atoms with Crippen LogP contribution in [0.2, 0.25) is 0 Å². The van der Waals surface area contributed by atoms with Crippen molar-refractivity contribution in [3.05, 3.63) is 84.4 Å². The fourth-order valence-corrected chi connectivity index (χ4v) is 7.86. The number of benzene rings is 3. The highest BCUT2D eigenvalue weighted by atomic mass is 16.5. The van der Waals surface area contributed by atoms with Gasteiger partial charge < -0.3 is 25.0 Å². The molecule has 296 valence electrons. The Bertz CT molecular complexity index is 1990. The van der Waals surface area contributed by atoms with Crippen LogP contribution in [-0.4, -0.2) is 60.0 Å². The number of carbonyl (C=O) groups excluding carboxylic acids is 3. The van der Waals surface area contributed by atoms with E-state index in [0.717, 1.165) is 109 Å². The van der Waals surface area contributed by atoms with Gasteiger partial charge in [0.25, 0.3) is 0 Å². The third-order valence-corrected chi connectivity index (χ3v) is 11.0. The first kappa shape index (κ1) is 40.5. The first-order chi connectivity index (χ1) is 27.0. The molecular weight excluding hydrogens is 701 g/mol. The van der Waals surface area contributed by atoms with Crippen LogP contribution in [0, 0.1) is 5.41 Å². The predicted octanol–water partition coefficient (Wildman–Crippen LogP) is 9.63. The van der Waals surface area contributed by atoms with Crippen molar-refractivity contribution < 1.29 is 23.9 Å². The number of nitrogens with one attached hydrogen (secondary N) is 2. The Balaban J connectivity index is 0.990. The molecule has 2 N–H and O–H groups in total. The highest BCUT2D eigenvalue weighted by Gasteiger charge is 2.38. The third-order valence-electron chi connectivity index (χ3n) is 11.0. The Morgan fingerprint density at radius 2 is 1.59 bits per heavy atom. The van der Waals surface area contributed by atoms with Gasteiger partial charge in [-0.25, -0.2) is 4.98 Å². The van der Waals surface area contributed by atoms with Gasteiger partial charge in [0.1, 0.15) is 6.04 Å². The minimum atomic E-state index is -0.497. The van der Waals surface area contributed by atoms with Gasteiger partial charge in [0, 0.05) is 30.1 Å². The van der Waals surface area contributed by atoms with E-state index in [2.05, 4.69) is 23.6 Å². The average Bonchev–Trinajstić information content (AvgIpc) is 3.56. The number of fused-ring (bicyclic) bond motifs is 3. The summed E-state index contributed by atoms with van der Waals surface area (Å²) in [7, 11) is 1.65. The maximum Gasteiger partial charge on any atom is 0.245 e. The fourth-order valence-electron chi connectivity index (χ4n) is 7.86. The van der Waals surface area contributed by atoms with Gasteiger partial charge in [-0.05, 0) is 79.0 Å². The second kappa shape index (κ2) is 18.6. The van der Waals surface area contributed by atoms with Crippen LogP contribution in [0.15, 0.2) is 78.9 Å². The second-order valence-corrected chi connectivity index (χ2v) is 16.3. The molecule has 9 heteroatoms. The number of hydrogen-bond donors (Lipinski definition) is 2. The van der Waals surface area contributed by atoms with Crippen LogP contribution in [0.5, 0.6) is 11.5 Å². The molecule has 0 aliphatic carbocycles. The molecule has 3 heterocycles. The number of amides is 3. The summed E-state index contributed by atoms with van der Waals surface area (Å²) in [5.74, 6) is 1.27. The van der Waals surface area contributed by atoms with Crippen LogP contribution in [0.1, 0.15) is 97.5 Å². The van der Waals surface area contributed by atoms with Crippen LogP contribution >= 0.6 is 0 Å². The van der Waals surface area contributed by atoms with Crippen molar-refractivity contribution >= 4 is 23.4 Å². The number of likely N-dealkylation sites (tertiary alicyclic amines) is 1. The summed E-state index contributed by atoms with van der Waals surface area (Å²) < 4.78 is 12.0. The molecule has 1 fully saturated rings. The summed E-state index contributed by atoms with van der Waals surface area (Å²) >= 11 is 0. The lowest BCUT2D eigenvalue weighted by molar-refractivity contribution is -0.140. The molecule has 56 heavy (non-hydrogen) atoms. The number of nitrogens with zero attached hydrogens (tertiary/aromatic N) is 2. The number of para-hydroxylation sites is 1. The third kappa shape index (κ3) is 9.97. The summed E-state index contributed by atoms with van der Waals surface area (Å²) in [4.78, 5) is 46.3. The number of pyridine rings is 1. The van der Waals surface area contributed by atoms with Crippen LogP contribution in [0.25, 0.3) is 33.6 Å². The zero-order valence-electron chi connectivity index (χ0n) is 33.8. The quantitative estimate of drug-likeness (QED) is 0.110. The summed E-state index contributed by atoms with van der Waals surface area (Å²) in [6, 6.07) is 25.7. The Hall–Kier alpha value is -5.18. The molecule has 0 spiro atoms. The second-order valence-electron chi connectivity index (χ2n) is 16.3. The molecule has 2 unspecified atom stereocenters. The van der Waals surface area contributed by atoms with Crippen LogP contribution in [0.4, 0.5) is 5.69 Å². The average molecular weight is 759 g/mol. The number of carbonyl (C=O) groups is 3. The lowest BCUT2D eigenvalue weighted by Crippen LogP contribution is -2.55. The maximum absolute atomic E-state index is 13.3. The van der Waals surface area contributed by atoms with Gasteiger partial charge in [-0.1, -0.05) is 107 Å². The van der Waals surface area contributed by atoms with Crippen LogP contribution < -0.4 is 20.1 Å². The molecule has 0 bridgehead atoms. The Morgan fingerprint density at radius 1 is 0.875 bits per heavy atom. The van der Waals surface area contributed by atoms with Gasteiger partial charge >= 0.3 is 0 Å². The molecule has 9 nitrogen and oxygen atoms in total. The van der Waals surface area contributed by atoms with Crippen molar-refractivity contribution in [3.8, 4) is 45.1 Å². The molecular formula is C47H58N4O5. The predicted molar refractivity (Wildman–Crippen MR) is 224 cm³/mol. The molecule has 6 rings (SSSR count). The highest BCUT2D eigenvalue weighted by Crippen LogP contribution is 2.42. The minimum absolute atomic E-state index is 0.0311. The smallest absolute Gasteiger partial charge is 0.245 e. The van der Waals surface area contributed by atoms with E-state index >= 15 is 0 Å². The largest absolute Gasteiger partial charge is 0.493 e. The molecule has 2 aliphatic heterocycles. The van der Waals surface area contributed by atoms with Crippen molar-refractivity contribution in [1.82, 2.24) is 15.2 Å². The molecule has 0 saturated carbocycles. The number of hydrogen-bond acceptors (Lipinski definition) is 6. The van der Waals surface area contributed by atoms with Crippen molar-refractivity contribution in [2.75, 3.05) is 25.6 Å². The Labute approximate surface area is 332 Å². The zero-order chi connectivity index (χ0) is 39.7. The molecule has 3 amide bonds. The normalized spacial score (nSPS) is 15.6. The molecule has 2 atom stereocenters. The van der Waals surface area contributed by atoms with E-state index in [1.807, 2.05) is 98.5 Å². The van der Waals surface area contributed by atoms with Gasteiger partial charge in [-0.3, -0.25) is 14.4 Å². The number of anilines is 1. The summed E-state index contributed by atoms with van der Waals surface area (Å²) in [5.41, 5.74) is 6.67. The molecule has 4 aromatic rings. The number of methoxy groups -OCH3 is 1. The summed E-state index contributed by atoms with van der Waals surface area (Å²) in [6.45, 7) is 9.52. The van der Waals surface area contributed by atoms with Gasteiger partial charge in [-0.2, -0.15) is 0 Å². The van der Waals surface area contributed by atoms with Crippen molar-refractivity contribution in [1.29, 1.82) is 0 Å². The van der Waals surface area contributed by atoms with Crippen molar-refractivity contribution in [2.24, 2.45) is 5.41 Å². The van der Waals surface area contributed by atoms with Gasteiger partial charge in [0.15, 0.2) is 11.5 Å². The van der Waals surface area contributed by atoms with E-state index in [1.165, 1.54) is 0 Å². The topological polar surface area (TPSA) is 110 Å². The van der Waals surface area contributed by atoms with Crippen LogP contribution in [0.3, 0.4) is 0 Å². The maximum atomic E-state index is 13.3. The minimum Gasteiger partial charge on any atom is -0.493 e. The van der Waals surface area contributed by atoms with Crippen LogP contribution in [-0.2, 0) is 20.8 Å². The van der Waals surface area contributed by atoms with E-state index in [4.69, 9.17) is 14.5 Å². The molecule has 1 aromatic heterocycles. The number of rotatable bonds is 16. The number of unbranched alkanes of at least 4 members (excludes halogenated alkanes) is 6. The van der Waals surface area contributed by atoms with Crippen molar-refractivity contribution in [3.63, 3.8) is 0 Å². The molecule has 0 radical (unpaired) electrons. The number of ether oxygens (including phenoxy) is 2. The van der Waals surface area contributed by atoms with Crippen molar-refractivity contribution in [2.45, 2.75) is 110 Å². The van der Waals surface area contributed by atoms with E-state index in [0.29, 0.717) is 24.5 Å². The Kier molecular flexibility index (Phi) is 13.5. The van der Waals surface area contributed by atoms with E-state index in [-0.39, 0.29) is 35.6 Å². The SMILES string of the molecule is COc1cc(-c2cc(-c3ccccc3)nc3c2CC(=O)Nc2ccccc2-3)ccc1OCCCCCCCCCC(=O)NC(C(=O)N1CCCC1C)C(C)(C)C. The molecule has 3 aromatic carbocycles. The first-order valence-electron chi connectivity index (χ1n) is 20.4. The summed E-state index contributed by atoms with van der Waals surface area (Å²) in [6.07, 6.45) is 9.81.